The van der Waals surface area contributed by atoms with Crippen molar-refractivity contribution in [2.75, 3.05) is 39.3 Å². The molecule has 0 N–H and O–H groups in total. The average Bonchev–Trinajstić information content (AvgIpc) is 3.45. The molecular weight excluding hydrogens is 412 g/mol. The van der Waals surface area contributed by atoms with Gasteiger partial charge in [0.05, 0.1) is 11.5 Å². The van der Waals surface area contributed by atoms with Crippen LogP contribution in [-0.2, 0) is 14.3 Å². The molecule has 0 amide bonds. The van der Waals surface area contributed by atoms with Gasteiger partial charge in [0.15, 0.2) is 0 Å². The van der Waals surface area contributed by atoms with E-state index in [-0.39, 0.29) is 29.2 Å². The van der Waals surface area contributed by atoms with Gasteiger partial charge in [0.2, 0.25) is 0 Å². The molecule has 3 saturated heterocycles. The number of carbonyl (C=O) groups excluding carboxylic acids is 1. The maximum atomic E-state index is 13.3. The summed E-state index contributed by atoms with van der Waals surface area (Å²) in [4.78, 5) is 18.3. The van der Waals surface area contributed by atoms with Gasteiger partial charge in [0.25, 0.3) is 0 Å². The zero-order chi connectivity index (χ0) is 22.6. The van der Waals surface area contributed by atoms with Gasteiger partial charge < -0.3 is 9.47 Å². The molecule has 2 aliphatic carbocycles. The van der Waals surface area contributed by atoms with Crippen LogP contribution in [0, 0.1) is 23.7 Å². The Morgan fingerprint density at radius 2 is 1.79 bits per heavy atom. The highest BCUT2D eigenvalue weighted by Crippen LogP contribution is 2.66. The summed E-state index contributed by atoms with van der Waals surface area (Å²) in [6.45, 7) is 10.6. The Hall–Kier alpha value is -1.69. The van der Waals surface area contributed by atoms with Crippen LogP contribution in [0.2, 0.25) is 0 Å². The zero-order valence-electron chi connectivity index (χ0n) is 20.1. The van der Waals surface area contributed by atoms with E-state index in [0.29, 0.717) is 17.8 Å². The highest BCUT2D eigenvalue weighted by molar-refractivity contribution is 5.77. The summed E-state index contributed by atoms with van der Waals surface area (Å²) in [5.74, 6) is 1.47. The highest BCUT2D eigenvalue weighted by atomic mass is 16.7. The summed E-state index contributed by atoms with van der Waals surface area (Å²) < 4.78 is 12.7. The summed E-state index contributed by atoms with van der Waals surface area (Å²) in [6.07, 6.45) is 9.17. The first-order chi connectivity index (χ1) is 16.0. The Morgan fingerprint density at radius 1 is 1.03 bits per heavy atom. The number of hydrogen-bond donors (Lipinski definition) is 0. The van der Waals surface area contributed by atoms with Crippen molar-refractivity contribution in [1.29, 1.82) is 0 Å². The van der Waals surface area contributed by atoms with Gasteiger partial charge in [0.1, 0.15) is 11.7 Å². The van der Waals surface area contributed by atoms with Crippen molar-refractivity contribution in [3.8, 4) is 0 Å². The van der Waals surface area contributed by atoms with E-state index in [1.165, 1.54) is 12.0 Å². The lowest BCUT2D eigenvalue weighted by atomic mass is 9.55. The summed E-state index contributed by atoms with van der Waals surface area (Å²) in [5, 5.41) is 0. The summed E-state index contributed by atoms with van der Waals surface area (Å²) in [6, 6.07) is 10.5. The Balaban J connectivity index is 1.08. The fourth-order valence-corrected chi connectivity index (χ4v) is 7.60. The summed E-state index contributed by atoms with van der Waals surface area (Å²) >= 11 is 0. The van der Waals surface area contributed by atoms with E-state index in [1.54, 1.807) is 0 Å². The number of benzene rings is 1. The second-order valence-electron chi connectivity index (χ2n) is 11.4. The molecule has 5 aliphatic rings. The van der Waals surface area contributed by atoms with Crippen LogP contribution in [-0.4, -0.2) is 72.3 Å². The second-order valence-corrected chi connectivity index (χ2v) is 11.4. The predicted molar refractivity (Wildman–Crippen MR) is 129 cm³/mol. The van der Waals surface area contributed by atoms with E-state index < -0.39 is 0 Å². The lowest BCUT2D eigenvalue weighted by molar-refractivity contribution is -0.168. The van der Waals surface area contributed by atoms with E-state index in [2.05, 4.69) is 66.1 Å². The molecule has 2 saturated carbocycles. The number of nitrogens with zero attached hydrogens (tertiary/aromatic N) is 2. The fraction of sp³-hybridized carbons (Fsp3) is 0.679. The minimum Gasteiger partial charge on any atom is -0.455 e. The van der Waals surface area contributed by atoms with Crippen LogP contribution in [0.15, 0.2) is 36.4 Å². The second kappa shape index (κ2) is 8.21. The van der Waals surface area contributed by atoms with Crippen molar-refractivity contribution in [1.82, 2.24) is 9.80 Å². The first-order valence-corrected chi connectivity index (χ1v) is 13.1. The standard InChI is InChI=1S/C28H38N2O3/c1-20-10-11-24-22(25(31)32-28(24)23(20)12-13-27(2)26(28)33-27)19-30-17-15-29(16-18-30)14-6-9-21-7-4-3-5-8-21/h3-9,20,22-24,26H,10-19H2,1-2H3/b9-6+/t20-,22-,23+,24-,26-,27+,28-/m0/s1. The van der Waals surface area contributed by atoms with E-state index >= 15 is 0 Å². The van der Waals surface area contributed by atoms with Crippen molar-refractivity contribution < 1.29 is 14.3 Å². The maximum absolute atomic E-state index is 13.3. The number of piperazine rings is 1. The largest absolute Gasteiger partial charge is 0.455 e. The molecular formula is C28H38N2O3. The number of carbonyl (C=O) groups is 1. The molecule has 1 aromatic carbocycles. The van der Waals surface area contributed by atoms with Gasteiger partial charge in [-0.05, 0) is 44.1 Å². The number of fused-ring (bicyclic) bond motifs is 1. The van der Waals surface area contributed by atoms with Crippen LogP contribution < -0.4 is 0 Å². The first-order valence-electron chi connectivity index (χ1n) is 13.1. The molecule has 5 fully saturated rings. The van der Waals surface area contributed by atoms with Crippen LogP contribution in [0.1, 0.15) is 45.1 Å². The number of hydrogen-bond acceptors (Lipinski definition) is 5. The van der Waals surface area contributed by atoms with Crippen molar-refractivity contribution in [2.45, 2.75) is 56.8 Å². The number of esters is 1. The lowest BCUT2D eigenvalue weighted by Crippen LogP contribution is -2.58. The zero-order valence-corrected chi connectivity index (χ0v) is 20.1. The topological polar surface area (TPSA) is 45.3 Å². The van der Waals surface area contributed by atoms with Crippen molar-refractivity contribution in [3.63, 3.8) is 0 Å². The molecule has 0 aromatic heterocycles. The molecule has 0 bridgehead atoms. The van der Waals surface area contributed by atoms with Crippen molar-refractivity contribution >= 4 is 12.0 Å². The van der Waals surface area contributed by atoms with Gasteiger partial charge in [0, 0.05) is 51.1 Å². The summed E-state index contributed by atoms with van der Waals surface area (Å²) in [5.41, 5.74) is 0.847. The Kier molecular flexibility index (Phi) is 5.43. The third-order valence-corrected chi connectivity index (χ3v) is 9.48. The number of rotatable bonds is 5. The normalized spacial score (nSPS) is 43.1. The molecule has 3 heterocycles. The minimum absolute atomic E-state index is 0.0103. The monoisotopic (exact) mass is 450 g/mol. The third-order valence-electron chi connectivity index (χ3n) is 9.48. The molecule has 178 valence electrons. The maximum Gasteiger partial charge on any atom is 0.311 e. The van der Waals surface area contributed by atoms with Gasteiger partial charge in [-0.2, -0.15) is 0 Å². The Bertz CT molecular complexity index is 911. The molecule has 5 nitrogen and oxygen atoms in total. The highest BCUT2D eigenvalue weighted by Gasteiger charge is 2.77. The molecule has 7 atom stereocenters. The van der Waals surface area contributed by atoms with Crippen LogP contribution in [0.4, 0.5) is 0 Å². The SMILES string of the molecule is C[C@H]1CC[C@H]2[C@H](CN3CCN(C/C=C/c4ccccc4)CC3)C(=O)O[C@@]23[C@@H]1CC[C@@]1(C)O[C@H]31. The lowest BCUT2D eigenvalue weighted by Gasteiger charge is -2.50. The van der Waals surface area contributed by atoms with Gasteiger partial charge in [-0.3, -0.25) is 14.6 Å². The van der Waals surface area contributed by atoms with Gasteiger partial charge >= 0.3 is 5.97 Å². The van der Waals surface area contributed by atoms with Gasteiger partial charge in [-0.1, -0.05) is 49.4 Å². The number of epoxide rings is 1. The molecule has 33 heavy (non-hydrogen) atoms. The van der Waals surface area contributed by atoms with Gasteiger partial charge in [-0.25, -0.2) is 0 Å². The quantitative estimate of drug-likeness (QED) is 0.504. The minimum atomic E-state index is -0.351. The number of ether oxygens (including phenoxy) is 2. The molecule has 0 radical (unpaired) electrons. The van der Waals surface area contributed by atoms with Crippen LogP contribution >= 0.6 is 0 Å². The third kappa shape index (κ3) is 3.67. The Morgan fingerprint density at radius 3 is 2.58 bits per heavy atom. The average molecular weight is 451 g/mol. The van der Waals surface area contributed by atoms with E-state index in [0.717, 1.165) is 58.5 Å². The summed E-state index contributed by atoms with van der Waals surface area (Å²) in [7, 11) is 0. The smallest absolute Gasteiger partial charge is 0.311 e. The molecule has 6 rings (SSSR count). The van der Waals surface area contributed by atoms with E-state index in [9.17, 15) is 4.79 Å². The molecule has 0 unspecified atom stereocenters. The first kappa shape index (κ1) is 21.8. The van der Waals surface area contributed by atoms with Crippen LogP contribution in [0.3, 0.4) is 0 Å². The molecule has 3 aliphatic heterocycles. The van der Waals surface area contributed by atoms with Crippen molar-refractivity contribution in [3.05, 3.63) is 42.0 Å². The predicted octanol–water partition coefficient (Wildman–Crippen LogP) is 3.84. The fourth-order valence-electron chi connectivity index (χ4n) is 7.60. The Labute approximate surface area is 198 Å². The van der Waals surface area contributed by atoms with Crippen molar-refractivity contribution in [2.24, 2.45) is 23.7 Å². The van der Waals surface area contributed by atoms with E-state index in [4.69, 9.17) is 9.47 Å². The molecule has 1 spiro atoms. The van der Waals surface area contributed by atoms with Gasteiger partial charge in [-0.15, -0.1) is 0 Å². The van der Waals surface area contributed by atoms with Crippen LogP contribution in [0.25, 0.3) is 6.08 Å². The van der Waals surface area contributed by atoms with E-state index in [1.807, 2.05) is 0 Å². The van der Waals surface area contributed by atoms with Crippen LogP contribution in [0.5, 0.6) is 0 Å². The molecule has 5 heteroatoms. The molecule has 1 aromatic rings.